The summed E-state index contributed by atoms with van der Waals surface area (Å²) in [6.07, 6.45) is 12.5. The second kappa shape index (κ2) is 16.2. The summed E-state index contributed by atoms with van der Waals surface area (Å²) >= 11 is 0. The van der Waals surface area contributed by atoms with E-state index in [4.69, 9.17) is 0 Å². The van der Waals surface area contributed by atoms with E-state index in [0.717, 1.165) is 6.42 Å². The molecule has 0 N–H and O–H groups in total. The molecule has 0 atom stereocenters. The minimum absolute atomic E-state index is 0. The SMILES string of the molecule is Br.Br.Br.CCCCC1=[C-]CC=C1.[Zr]. The monoisotopic (exact) mass is 451 g/mol. The maximum Gasteiger partial charge on any atom is 0 e. The Kier molecular flexibility index (Phi) is 30.2. The van der Waals surface area contributed by atoms with Crippen molar-refractivity contribution in [3.05, 3.63) is 23.8 Å². The Bertz CT molecular complexity index is 144. The topological polar surface area (TPSA) is 0 Å². The molecular formula is C9H16Br3Zr-. The second-order valence-corrected chi connectivity index (χ2v) is 2.41. The standard InChI is InChI=1S/C9H13.3BrH.Zr/c1-2-3-6-9-7-4-5-8-9;;;;/h4,7H,2-3,5-6H2,1H3;3*1H;/q-1;;;;. The molecule has 0 spiro atoms. The molecule has 0 aromatic rings. The minimum Gasteiger partial charge on any atom is -0.269 e. The first-order valence-corrected chi connectivity index (χ1v) is 3.69. The number of hydrogen-bond acceptors (Lipinski definition) is 0. The predicted octanol–water partition coefficient (Wildman–Crippen LogP) is 4.60. The Hall–Kier alpha value is 1.80. The van der Waals surface area contributed by atoms with Gasteiger partial charge in [0.2, 0.25) is 0 Å². The van der Waals surface area contributed by atoms with Crippen LogP contribution in [0.1, 0.15) is 32.6 Å². The minimum atomic E-state index is 0. The molecule has 1 aliphatic rings. The molecule has 4 heteroatoms. The normalized spacial score (nSPS) is 11.3. The summed E-state index contributed by atoms with van der Waals surface area (Å²) in [6.45, 7) is 2.22. The van der Waals surface area contributed by atoms with Gasteiger partial charge in [-0.1, -0.05) is 26.2 Å². The van der Waals surface area contributed by atoms with Crippen LogP contribution in [0.2, 0.25) is 0 Å². The predicted molar refractivity (Wildman–Crippen MR) is 71.0 cm³/mol. The van der Waals surface area contributed by atoms with Gasteiger partial charge in [0.1, 0.15) is 0 Å². The Balaban J connectivity index is -0.000000101. The summed E-state index contributed by atoms with van der Waals surface area (Å²) in [5.41, 5.74) is 1.41. The van der Waals surface area contributed by atoms with Crippen LogP contribution in [0.3, 0.4) is 0 Å². The Labute approximate surface area is 132 Å². The molecule has 0 amide bonds. The zero-order valence-electron chi connectivity index (χ0n) is 7.71. The van der Waals surface area contributed by atoms with Gasteiger partial charge in [-0.2, -0.15) is 6.08 Å². The Morgan fingerprint density at radius 3 is 2.31 bits per heavy atom. The molecule has 0 saturated carbocycles. The maximum atomic E-state index is 3.30. The van der Waals surface area contributed by atoms with Crippen molar-refractivity contribution in [3.63, 3.8) is 0 Å². The van der Waals surface area contributed by atoms with Crippen LogP contribution in [-0.4, -0.2) is 0 Å². The molecule has 0 radical (unpaired) electrons. The first-order chi connectivity index (χ1) is 4.43. The summed E-state index contributed by atoms with van der Waals surface area (Å²) in [6, 6.07) is 0. The number of unbranched alkanes of at least 4 members (excludes halogenated alkanes) is 1. The van der Waals surface area contributed by atoms with Crippen LogP contribution in [0.25, 0.3) is 0 Å². The summed E-state index contributed by atoms with van der Waals surface area (Å²) in [7, 11) is 0. The van der Waals surface area contributed by atoms with Crippen molar-refractivity contribution in [2.45, 2.75) is 32.6 Å². The van der Waals surface area contributed by atoms with Gasteiger partial charge >= 0.3 is 0 Å². The van der Waals surface area contributed by atoms with Gasteiger partial charge in [-0.25, -0.2) is 11.6 Å². The van der Waals surface area contributed by atoms with Crippen LogP contribution in [0.5, 0.6) is 0 Å². The third kappa shape index (κ3) is 11.7. The molecule has 1 rings (SSSR count). The van der Waals surface area contributed by atoms with Gasteiger partial charge < -0.3 is 0 Å². The van der Waals surface area contributed by atoms with Crippen molar-refractivity contribution in [2.24, 2.45) is 0 Å². The van der Waals surface area contributed by atoms with E-state index >= 15 is 0 Å². The van der Waals surface area contributed by atoms with Gasteiger partial charge in [0.25, 0.3) is 0 Å². The molecule has 0 saturated heterocycles. The van der Waals surface area contributed by atoms with Crippen LogP contribution < -0.4 is 0 Å². The zero-order chi connectivity index (χ0) is 6.53. The van der Waals surface area contributed by atoms with Crippen molar-refractivity contribution in [2.75, 3.05) is 0 Å². The summed E-state index contributed by atoms with van der Waals surface area (Å²) in [5, 5.41) is 0. The molecular weight excluding hydrogens is 439 g/mol. The summed E-state index contributed by atoms with van der Waals surface area (Å²) < 4.78 is 0. The van der Waals surface area contributed by atoms with Gasteiger partial charge in [-0.3, -0.25) is 6.08 Å². The van der Waals surface area contributed by atoms with E-state index in [1.165, 1.54) is 24.8 Å². The summed E-state index contributed by atoms with van der Waals surface area (Å²) in [5.74, 6) is 0. The molecule has 0 aromatic heterocycles. The van der Waals surface area contributed by atoms with E-state index in [1.807, 2.05) is 0 Å². The van der Waals surface area contributed by atoms with Gasteiger partial charge in [0.05, 0.1) is 0 Å². The molecule has 0 fully saturated rings. The molecule has 0 heterocycles. The third-order valence-electron chi connectivity index (χ3n) is 1.57. The molecule has 0 aromatic carbocycles. The fourth-order valence-corrected chi connectivity index (χ4v) is 0.989. The van der Waals surface area contributed by atoms with Crippen LogP contribution in [0, 0.1) is 6.08 Å². The molecule has 0 nitrogen and oxygen atoms in total. The van der Waals surface area contributed by atoms with Crippen LogP contribution in [0.4, 0.5) is 0 Å². The average Bonchev–Trinajstić information content (AvgIpc) is 2.34. The smallest absolute Gasteiger partial charge is 0 e. The molecule has 0 unspecified atom stereocenters. The fraction of sp³-hybridized carbons (Fsp3) is 0.556. The van der Waals surface area contributed by atoms with E-state index in [9.17, 15) is 0 Å². The molecule has 0 bridgehead atoms. The molecule has 1 aliphatic carbocycles. The zero-order valence-corrected chi connectivity index (χ0v) is 15.3. The van der Waals surface area contributed by atoms with Crippen LogP contribution in [0.15, 0.2) is 17.7 Å². The first-order valence-electron chi connectivity index (χ1n) is 3.69. The van der Waals surface area contributed by atoms with Crippen molar-refractivity contribution >= 4 is 50.9 Å². The van der Waals surface area contributed by atoms with E-state index in [1.54, 1.807) is 0 Å². The van der Waals surface area contributed by atoms with Gasteiger partial charge in [0, 0.05) is 26.2 Å². The van der Waals surface area contributed by atoms with Gasteiger partial charge in [0.15, 0.2) is 0 Å². The van der Waals surface area contributed by atoms with Crippen molar-refractivity contribution in [1.82, 2.24) is 0 Å². The fourth-order valence-electron chi connectivity index (χ4n) is 0.989. The summed E-state index contributed by atoms with van der Waals surface area (Å²) in [4.78, 5) is 0. The van der Waals surface area contributed by atoms with Gasteiger partial charge in [-0.05, 0) is 0 Å². The Morgan fingerprint density at radius 1 is 1.31 bits per heavy atom. The van der Waals surface area contributed by atoms with Crippen LogP contribution in [-0.2, 0) is 26.2 Å². The molecule has 78 valence electrons. The molecule has 0 aliphatic heterocycles. The average molecular weight is 455 g/mol. The Morgan fingerprint density at radius 2 is 1.92 bits per heavy atom. The van der Waals surface area contributed by atoms with E-state index in [2.05, 4.69) is 25.2 Å². The van der Waals surface area contributed by atoms with E-state index in [-0.39, 0.29) is 77.1 Å². The first kappa shape index (κ1) is 24.2. The number of hydrogen-bond donors (Lipinski definition) is 0. The quantitative estimate of drug-likeness (QED) is 0.547. The largest absolute Gasteiger partial charge is 0.269 e. The second-order valence-electron chi connectivity index (χ2n) is 2.41. The van der Waals surface area contributed by atoms with E-state index in [0.29, 0.717) is 0 Å². The van der Waals surface area contributed by atoms with Crippen molar-refractivity contribution in [1.29, 1.82) is 0 Å². The van der Waals surface area contributed by atoms with Crippen molar-refractivity contribution < 1.29 is 26.2 Å². The van der Waals surface area contributed by atoms with Crippen LogP contribution >= 0.6 is 50.9 Å². The number of allylic oxidation sites excluding steroid dienone is 4. The molecule has 13 heavy (non-hydrogen) atoms. The van der Waals surface area contributed by atoms with Crippen molar-refractivity contribution in [3.8, 4) is 0 Å². The van der Waals surface area contributed by atoms with Gasteiger partial charge in [-0.15, -0.1) is 57.4 Å². The van der Waals surface area contributed by atoms with E-state index < -0.39 is 0 Å². The maximum absolute atomic E-state index is 3.30. The number of rotatable bonds is 3. The third-order valence-corrected chi connectivity index (χ3v) is 1.57. The number of halogens is 3.